The summed E-state index contributed by atoms with van der Waals surface area (Å²) in [5.41, 5.74) is -2.92. The summed E-state index contributed by atoms with van der Waals surface area (Å²) >= 11 is 0. The van der Waals surface area contributed by atoms with Gasteiger partial charge in [-0.3, -0.25) is 0 Å². The molecule has 0 aromatic rings. The molecule has 21 atom stereocenters. The molecule has 0 radical (unpaired) electrons. The van der Waals surface area contributed by atoms with Crippen LogP contribution in [-0.4, -0.2) is 138 Å². The first kappa shape index (κ1) is 41.4. The number of hydrogen-bond donors (Lipinski definition) is 9. The van der Waals surface area contributed by atoms with E-state index in [1.807, 2.05) is 6.92 Å². The predicted molar refractivity (Wildman–Crippen MR) is 194 cm³/mol. The average Bonchev–Trinajstić information content (AvgIpc) is 3.11. The van der Waals surface area contributed by atoms with E-state index in [2.05, 4.69) is 46.8 Å². The van der Waals surface area contributed by atoms with Crippen LogP contribution in [0.25, 0.3) is 0 Å². The molecule has 7 aliphatic rings. The third-order valence-electron chi connectivity index (χ3n) is 17.0. The Morgan fingerprint density at radius 1 is 0.741 bits per heavy atom. The van der Waals surface area contributed by atoms with Crippen LogP contribution in [0.3, 0.4) is 0 Å². The zero-order valence-electron chi connectivity index (χ0n) is 33.1. The topological polar surface area (TPSA) is 219 Å². The average molecular weight is 769 g/mol. The van der Waals surface area contributed by atoms with Gasteiger partial charge in [0.25, 0.3) is 0 Å². The lowest BCUT2D eigenvalue weighted by atomic mass is 9.32. The smallest absolute Gasteiger partial charge is 0.187 e. The Morgan fingerprint density at radius 3 is 2.09 bits per heavy atom. The zero-order valence-corrected chi connectivity index (χ0v) is 33.1. The molecule has 0 spiro atoms. The molecule has 0 aromatic carbocycles. The molecule has 2 aliphatic heterocycles. The third-order valence-corrected chi connectivity index (χ3v) is 17.0. The van der Waals surface area contributed by atoms with Crippen LogP contribution in [0, 0.1) is 50.7 Å². The maximum atomic E-state index is 12.9. The number of hydrogen-bond acceptors (Lipinski definition) is 13. The molecule has 13 heteroatoms. The lowest BCUT2D eigenvalue weighted by Gasteiger charge is -2.73. The predicted octanol–water partition coefficient (Wildman–Crippen LogP) is 1.37. The van der Waals surface area contributed by atoms with Gasteiger partial charge in [0.15, 0.2) is 12.6 Å². The number of ether oxygens (including phenoxy) is 4. The van der Waals surface area contributed by atoms with Gasteiger partial charge in [-0.25, -0.2) is 0 Å². The van der Waals surface area contributed by atoms with E-state index >= 15 is 0 Å². The molecule has 2 saturated heterocycles. The molecular formula is C41H68O13. The first-order chi connectivity index (χ1) is 25.1. The number of aliphatic hydroxyl groups is 9. The Hall–Kier alpha value is -0.780. The van der Waals surface area contributed by atoms with E-state index in [9.17, 15) is 46.0 Å². The van der Waals surface area contributed by atoms with Crippen LogP contribution >= 0.6 is 0 Å². The molecule has 0 amide bonds. The Bertz CT molecular complexity index is 1410. The lowest BCUT2D eigenvalue weighted by Crippen LogP contribution is -2.73. The molecule has 13 nitrogen and oxygen atoms in total. The fourth-order valence-corrected chi connectivity index (χ4v) is 13.5. The first-order valence-corrected chi connectivity index (χ1v) is 20.5. The van der Waals surface area contributed by atoms with Crippen LogP contribution in [0.2, 0.25) is 0 Å². The molecule has 9 N–H and O–H groups in total. The van der Waals surface area contributed by atoms with Gasteiger partial charge in [0.1, 0.15) is 42.7 Å². The highest BCUT2D eigenvalue weighted by molar-refractivity contribution is 5.32. The highest BCUT2D eigenvalue weighted by Gasteiger charge is 2.73. The molecule has 310 valence electrons. The Balaban J connectivity index is 1.13. The summed E-state index contributed by atoms with van der Waals surface area (Å²) in [4.78, 5) is 0. The van der Waals surface area contributed by atoms with E-state index < -0.39 is 96.7 Å². The van der Waals surface area contributed by atoms with Gasteiger partial charge in [0.2, 0.25) is 0 Å². The summed E-state index contributed by atoms with van der Waals surface area (Å²) in [7, 11) is 0. The summed E-state index contributed by atoms with van der Waals surface area (Å²) in [5.74, 6) is 0.0921. The number of allylic oxidation sites excluding steroid dienone is 1. The van der Waals surface area contributed by atoms with E-state index in [-0.39, 0.29) is 46.5 Å². The van der Waals surface area contributed by atoms with Crippen molar-refractivity contribution in [3.8, 4) is 0 Å². The number of aliphatic hydroxyl groups excluding tert-OH is 8. The SMILES string of the molecule is C[C@H]1O[C@@H](O[C@H]2CC[C@@]3(C)[C@@H](CC[C@]4(C)[C@@H]3C=C[C@]3(O)C5CC(C)(C)CCC5[C@@H](O)C[C@]34C)[C@]2(C)CO)[C@H](O)[C@@H](O[C@@H]2O[C@H](CO)[C@@H](O)[C@H](O)[C@H]2O)[C@H]1O. The Labute approximate surface area is 319 Å². The molecular weight excluding hydrogens is 700 g/mol. The standard InChI is InChI=1S/C41H68O13/c1-20-28(45)33(54-34-31(48)30(47)29(46)24(18-42)52-34)32(49)35(51-20)53-27-11-13-37(4)25(38(27,5)19-43)9-14-39(6)26(37)10-15-41(50)22-16-36(2,3)12-8-21(22)23(44)17-40(39,41)7/h10,15,20-35,42-50H,8-9,11-14,16-19H2,1-7H3/t20-,21?,22?,23+,24-,25-,26-,27+,28+,29-,30+,31-,32-,33+,34+,35+,37+,38+,39-,40+,41+/m1/s1. The molecule has 54 heavy (non-hydrogen) atoms. The fourth-order valence-electron chi connectivity index (χ4n) is 13.5. The van der Waals surface area contributed by atoms with Gasteiger partial charge >= 0.3 is 0 Å². The van der Waals surface area contributed by atoms with E-state index in [0.29, 0.717) is 12.8 Å². The molecule has 2 unspecified atom stereocenters. The minimum absolute atomic E-state index is 0.00828. The van der Waals surface area contributed by atoms with Gasteiger partial charge in [-0.05, 0) is 98.2 Å². The van der Waals surface area contributed by atoms with Crippen LogP contribution in [0.5, 0.6) is 0 Å². The minimum Gasteiger partial charge on any atom is -0.396 e. The van der Waals surface area contributed by atoms with Crippen molar-refractivity contribution < 1.29 is 64.9 Å². The summed E-state index contributed by atoms with van der Waals surface area (Å²) in [6, 6.07) is 0. The second-order valence-corrected chi connectivity index (χ2v) is 20.3. The Morgan fingerprint density at radius 2 is 1.43 bits per heavy atom. The second kappa shape index (κ2) is 13.9. The maximum Gasteiger partial charge on any atom is 0.187 e. The first-order valence-electron chi connectivity index (χ1n) is 20.5. The summed E-state index contributed by atoms with van der Waals surface area (Å²) < 4.78 is 24.0. The number of rotatable bonds is 6. The molecule has 0 aromatic heterocycles. The van der Waals surface area contributed by atoms with Crippen LogP contribution in [-0.2, 0) is 18.9 Å². The van der Waals surface area contributed by atoms with E-state index in [1.54, 1.807) is 6.92 Å². The van der Waals surface area contributed by atoms with Crippen LogP contribution in [0.1, 0.15) is 99.8 Å². The second-order valence-electron chi connectivity index (χ2n) is 20.3. The lowest BCUT2D eigenvalue weighted by molar-refractivity contribution is -0.367. The van der Waals surface area contributed by atoms with Crippen LogP contribution < -0.4 is 0 Å². The maximum absolute atomic E-state index is 12.9. The van der Waals surface area contributed by atoms with Crippen molar-refractivity contribution in [2.24, 2.45) is 50.7 Å². The molecule has 2 heterocycles. The van der Waals surface area contributed by atoms with E-state index in [4.69, 9.17) is 18.9 Å². The zero-order chi connectivity index (χ0) is 39.6. The normalized spacial score (nSPS) is 58.4. The highest BCUT2D eigenvalue weighted by Crippen LogP contribution is 2.75. The highest BCUT2D eigenvalue weighted by atomic mass is 16.7. The molecule has 6 fully saturated rings. The van der Waals surface area contributed by atoms with Gasteiger partial charge in [0, 0.05) is 10.8 Å². The van der Waals surface area contributed by atoms with Crippen LogP contribution in [0.15, 0.2) is 12.2 Å². The van der Waals surface area contributed by atoms with Crippen molar-refractivity contribution in [1.82, 2.24) is 0 Å². The van der Waals surface area contributed by atoms with Gasteiger partial charge in [0.05, 0.1) is 37.1 Å². The van der Waals surface area contributed by atoms with Crippen molar-refractivity contribution in [2.75, 3.05) is 13.2 Å². The van der Waals surface area contributed by atoms with E-state index in [1.165, 1.54) is 0 Å². The minimum atomic E-state index is -1.73. The monoisotopic (exact) mass is 768 g/mol. The molecule has 0 bridgehead atoms. The fraction of sp³-hybridized carbons (Fsp3) is 0.951. The van der Waals surface area contributed by atoms with Crippen molar-refractivity contribution in [2.45, 2.75) is 179 Å². The summed E-state index contributed by atoms with van der Waals surface area (Å²) in [6.07, 6.45) is -4.81. The van der Waals surface area contributed by atoms with Gasteiger partial charge in [-0.1, -0.05) is 53.7 Å². The van der Waals surface area contributed by atoms with E-state index in [0.717, 1.165) is 38.5 Å². The van der Waals surface area contributed by atoms with Crippen molar-refractivity contribution in [3.05, 3.63) is 12.2 Å². The van der Waals surface area contributed by atoms with Gasteiger partial charge in [-0.2, -0.15) is 0 Å². The van der Waals surface area contributed by atoms with Crippen molar-refractivity contribution >= 4 is 0 Å². The van der Waals surface area contributed by atoms with Crippen LogP contribution in [0.4, 0.5) is 0 Å². The summed E-state index contributed by atoms with van der Waals surface area (Å²) in [5, 5.41) is 99.3. The summed E-state index contributed by atoms with van der Waals surface area (Å²) in [6.45, 7) is 14.2. The Kier molecular flexibility index (Phi) is 10.7. The molecule has 5 aliphatic carbocycles. The largest absolute Gasteiger partial charge is 0.396 e. The molecule has 4 saturated carbocycles. The quantitative estimate of drug-likeness (QED) is 0.138. The van der Waals surface area contributed by atoms with Crippen molar-refractivity contribution in [3.63, 3.8) is 0 Å². The third kappa shape index (κ3) is 5.88. The number of fused-ring (bicyclic) bond motifs is 7. The van der Waals surface area contributed by atoms with Gasteiger partial charge in [-0.15, -0.1) is 0 Å². The molecule has 7 rings (SSSR count). The van der Waals surface area contributed by atoms with Gasteiger partial charge < -0.3 is 64.9 Å². The van der Waals surface area contributed by atoms with Crippen molar-refractivity contribution in [1.29, 1.82) is 0 Å².